The normalized spacial score (nSPS) is 18.5. The minimum Gasteiger partial charge on any atom is -0.496 e. The van der Waals surface area contributed by atoms with Crippen molar-refractivity contribution in [2.45, 2.75) is 44.5 Å². The zero-order valence-electron chi connectivity index (χ0n) is 26.4. The number of likely N-dealkylation sites (tertiary alicyclic amines) is 1. The molecule has 2 saturated heterocycles. The van der Waals surface area contributed by atoms with Crippen LogP contribution in [0.1, 0.15) is 29.7 Å². The zero-order valence-corrected chi connectivity index (χ0v) is 27.9. The molecule has 244 valence electrons. The monoisotopic (exact) mass is 673 g/mol. The summed E-state index contributed by atoms with van der Waals surface area (Å²) in [6.45, 7) is 4.30. The van der Waals surface area contributed by atoms with Gasteiger partial charge in [-0.3, -0.25) is 19.6 Å². The van der Waals surface area contributed by atoms with Gasteiger partial charge in [-0.05, 0) is 41.7 Å². The first-order chi connectivity index (χ1) is 22.8. The molecule has 0 radical (unpaired) electrons. The summed E-state index contributed by atoms with van der Waals surface area (Å²) >= 11 is 14.3. The number of fused-ring (bicyclic) bond motifs is 1. The van der Waals surface area contributed by atoms with Crippen molar-refractivity contribution in [3.05, 3.63) is 81.6 Å². The molecule has 2 fully saturated rings. The largest absolute Gasteiger partial charge is 0.496 e. The summed E-state index contributed by atoms with van der Waals surface area (Å²) in [6, 6.07) is 16.3. The Labute approximate surface area is 284 Å². The summed E-state index contributed by atoms with van der Waals surface area (Å²) in [5.41, 5.74) is 7.88. The third-order valence-corrected chi connectivity index (χ3v) is 10.2. The number of methoxy groups -OCH3 is 2. The van der Waals surface area contributed by atoms with Crippen LogP contribution >= 0.6 is 23.2 Å². The molecule has 3 aromatic carbocycles. The molecule has 3 aliphatic rings. The van der Waals surface area contributed by atoms with Crippen LogP contribution in [-0.4, -0.2) is 83.3 Å². The predicted octanol–water partition coefficient (Wildman–Crippen LogP) is 5.61. The zero-order chi connectivity index (χ0) is 32.7. The number of carbonyl (C=O) groups is 1. The van der Waals surface area contributed by atoms with Crippen molar-refractivity contribution in [3.63, 3.8) is 0 Å². The third-order valence-electron chi connectivity index (χ3n) is 9.35. The number of halogens is 2. The molecule has 1 atom stereocenters. The van der Waals surface area contributed by atoms with Crippen molar-refractivity contribution in [2.24, 2.45) is 0 Å². The first-order valence-electron chi connectivity index (χ1n) is 15.9. The van der Waals surface area contributed by atoms with Crippen LogP contribution in [0.2, 0.25) is 10.0 Å². The number of hydrogen-bond donors (Lipinski definition) is 2. The van der Waals surface area contributed by atoms with E-state index in [1.165, 1.54) is 11.1 Å². The lowest BCUT2D eigenvalue weighted by Crippen LogP contribution is -2.50. The number of nitrogens with one attached hydrogen (secondary N) is 1. The van der Waals surface area contributed by atoms with Gasteiger partial charge in [-0.15, -0.1) is 0 Å². The van der Waals surface area contributed by atoms with Crippen LogP contribution in [0.15, 0.2) is 54.7 Å². The van der Waals surface area contributed by atoms with Gasteiger partial charge in [-0.2, -0.15) is 0 Å². The number of ether oxygens (including phenoxy) is 2. The van der Waals surface area contributed by atoms with E-state index in [1.54, 1.807) is 20.4 Å². The van der Waals surface area contributed by atoms with Crippen molar-refractivity contribution in [1.29, 1.82) is 0 Å². The topological polar surface area (TPSA) is 100 Å². The number of aliphatic hydroxyl groups is 1. The van der Waals surface area contributed by atoms with Gasteiger partial charge in [0.05, 0.1) is 42.3 Å². The van der Waals surface area contributed by atoms with Gasteiger partial charge in [0.1, 0.15) is 11.4 Å². The minimum absolute atomic E-state index is 0.141. The van der Waals surface area contributed by atoms with Gasteiger partial charge in [0.2, 0.25) is 11.8 Å². The van der Waals surface area contributed by atoms with E-state index in [0.717, 1.165) is 66.0 Å². The fourth-order valence-corrected chi connectivity index (χ4v) is 7.58. The molecular formula is C36H37Cl2N5O4. The molecule has 4 aromatic rings. The fraction of sp³-hybridized carbons (Fsp3) is 0.361. The number of rotatable bonds is 9. The number of benzene rings is 3. The number of aromatic nitrogens is 2. The lowest BCUT2D eigenvalue weighted by Gasteiger charge is -2.35. The molecule has 0 saturated carbocycles. The van der Waals surface area contributed by atoms with E-state index < -0.39 is 0 Å². The summed E-state index contributed by atoms with van der Waals surface area (Å²) in [5, 5.41) is 13.8. The summed E-state index contributed by atoms with van der Waals surface area (Å²) < 4.78 is 11.5. The molecule has 0 spiro atoms. The van der Waals surface area contributed by atoms with E-state index in [1.807, 2.05) is 36.4 Å². The maximum Gasteiger partial charge on any atom is 0.237 e. The molecule has 4 heterocycles. The first-order valence-corrected chi connectivity index (χ1v) is 16.7. The summed E-state index contributed by atoms with van der Waals surface area (Å²) in [5.74, 6) is 1.43. The van der Waals surface area contributed by atoms with E-state index >= 15 is 0 Å². The Hall–Kier alpha value is -3.73. The maximum atomic E-state index is 11.8. The lowest BCUT2D eigenvalue weighted by atomic mass is 9.91. The van der Waals surface area contributed by atoms with Gasteiger partial charge in [-0.1, -0.05) is 59.6 Å². The Bertz CT molecular complexity index is 1830. The molecular weight excluding hydrogens is 637 g/mol. The van der Waals surface area contributed by atoms with Crippen LogP contribution < -0.4 is 14.8 Å². The van der Waals surface area contributed by atoms with Crippen LogP contribution in [0.5, 0.6) is 11.6 Å². The molecule has 7 rings (SSSR count). The molecule has 9 nitrogen and oxygen atoms in total. The fourth-order valence-electron chi connectivity index (χ4n) is 6.92. The number of hydrogen-bond acceptors (Lipinski definition) is 8. The maximum absolute atomic E-state index is 11.8. The summed E-state index contributed by atoms with van der Waals surface area (Å²) in [6.07, 6.45) is 3.78. The molecule has 0 bridgehead atoms. The van der Waals surface area contributed by atoms with E-state index in [2.05, 4.69) is 32.2 Å². The van der Waals surface area contributed by atoms with Gasteiger partial charge in [0.25, 0.3) is 0 Å². The Balaban J connectivity index is 1.19. The van der Waals surface area contributed by atoms with Crippen molar-refractivity contribution < 1.29 is 19.4 Å². The van der Waals surface area contributed by atoms with Crippen molar-refractivity contribution in [3.8, 4) is 45.1 Å². The molecule has 0 aliphatic carbocycles. The molecule has 47 heavy (non-hydrogen) atoms. The minimum atomic E-state index is -0.294. The van der Waals surface area contributed by atoms with Crippen molar-refractivity contribution >= 4 is 29.1 Å². The van der Waals surface area contributed by atoms with Gasteiger partial charge in [0.15, 0.2) is 0 Å². The predicted molar refractivity (Wildman–Crippen MR) is 183 cm³/mol. The Kier molecular flexibility index (Phi) is 9.09. The number of carbonyl (C=O) groups excluding carboxylic acids is 1. The molecule has 11 heteroatoms. The SMILES string of the molecule is COc1cc(-c2cccc(-c3cccc(-c4cnc(CN5CC(O)C5)c(OC)n4)c3Cl)c2Cl)cc2c1CCN(CC1CCC(=O)N1)C2. The van der Waals surface area contributed by atoms with Crippen LogP contribution in [-0.2, 0) is 24.3 Å². The molecule has 1 aromatic heterocycles. The first kappa shape index (κ1) is 31.8. The number of amides is 1. The van der Waals surface area contributed by atoms with E-state index in [9.17, 15) is 9.90 Å². The number of aliphatic hydroxyl groups excluding tert-OH is 1. The van der Waals surface area contributed by atoms with Crippen LogP contribution in [0.25, 0.3) is 33.5 Å². The van der Waals surface area contributed by atoms with Crippen LogP contribution in [0.4, 0.5) is 0 Å². The summed E-state index contributed by atoms with van der Waals surface area (Å²) in [4.78, 5) is 25.6. The highest BCUT2D eigenvalue weighted by atomic mass is 35.5. The third kappa shape index (κ3) is 6.43. The number of nitrogens with zero attached hydrogens (tertiary/aromatic N) is 4. The standard InChI is InChI=1S/C36H37Cl2N5O4/c1-46-32-14-21(13-22-16-42(12-11-25(22)32)17-23-9-10-33(45)40-23)26-5-3-6-27(34(26)37)28-7-4-8-29(35(28)38)30-15-39-31(36(41-30)47-2)20-43-18-24(44)19-43/h3-8,13-15,23-24,44H,9-12,16-20H2,1-2H3,(H,40,45). The highest BCUT2D eigenvalue weighted by Gasteiger charge is 2.28. The van der Waals surface area contributed by atoms with Crippen molar-refractivity contribution in [1.82, 2.24) is 25.1 Å². The van der Waals surface area contributed by atoms with Gasteiger partial charge < -0.3 is 19.9 Å². The van der Waals surface area contributed by atoms with E-state index in [-0.39, 0.29) is 18.1 Å². The molecule has 2 N–H and O–H groups in total. The highest BCUT2D eigenvalue weighted by Crippen LogP contribution is 2.44. The summed E-state index contributed by atoms with van der Waals surface area (Å²) in [7, 11) is 3.29. The smallest absolute Gasteiger partial charge is 0.237 e. The molecule has 1 amide bonds. The second kappa shape index (κ2) is 13.4. The average Bonchev–Trinajstić information content (AvgIpc) is 3.48. The number of β-amino-alcohol motifs (C(OH)–C–C–N with tert-alkyl or cyclic N) is 1. The van der Waals surface area contributed by atoms with Crippen LogP contribution in [0.3, 0.4) is 0 Å². The van der Waals surface area contributed by atoms with Gasteiger partial charge in [-0.25, -0.2) is 4.98 Å². The lowest BCUT2D eigenvalue weighted by molar-refractivity contribution is -0.119. The van der Waals surface area contributed by atoms with Gasteiger partial charge >= 0.3 is 0 Å². The van der Waals surface area contributed by atoms with E-state index in [4.69, 9.17) is 37.7 Å². The quantitative estimate of drug-likeness (QED) is 0.236. The Morgan fingerprint density at radius 1 is 0.957 bits per heavy atom. The molecule has 1 unspecified atom stereocenters. The second-order valence-corrected chi connectivity index (χ2v) is 13.3. The average molecular weight is 675 g/mol. The Morgan fingerprint density at radius 3 is 2.36 bits per heavy atom. The van der Waals surface area contributed by atoms with Crippen molar-refractivity contribution in [2.75, 3.05) is 40.4 Å². The highest BCUT2D eigenvalue weighted by molar-refractivity contribution is 6.39. The second-order valence-electron chi connectivity index (χ2n) is 12.5. The molecule has 3 aliphatic heterocycles. The van der Waals surface area contributed by atoms with E-state index in [0.29, 0.717) is 53.4 Å². The van der Waals surface area contributed by atoms with Crippen LogP contribution in [0, 0.1) is 0 Å². The van der Waals surface area contributed by atoms with Gasteiger partial charge in [0, 0.05) is 74.0 Å². The Morgan fingerprint density at radius 2 is 1.68 bits per heavy atom.